The van der Waals surface area contributed by atoms with Crippen LogP contribution in [-0.2, 0) is 4.79 Å². The first-order valence-corrected chi connectivity index (χ1v) is 6.44. The summed E-state index contributed by atoms with van der Waals surface area (Å²) in [7, 11) is 0. The molecule has 0 aliphatic rings. The number of ether oxygens (including phenoxy) is 1. The number of nitrogens with zero attached hydrogens (tertiary/aromatic N) is 1. The van der Waals surface area contributed by atoms with Crippen LogP contribution in [0, 0.1) is 3.57 Å². The van der Waals surface area contributed by atoms with Gasteiger partial charge in [0, 0.05) is 11.6 Å². The van der Waals surface area contributed by atoms with Crippen molar-refractivity contribution in [2.24, 2.45) is 5.84 Å². The van der Waals surface area contributed by atoms with E-state index in [1.165, 1.54) is 0 Å². The Hall–Kier alpha value is -1.12. The third-order valence-corrected chi connectivity index (χ3v) is 3.37. The fraction of sp³-hybridized carbons (Fsp3) is 0.0909. The molecular weight excluding hydrogens is 368 g/mol. The molecule has 0 bridgehead atoms. The molecule has 0 aliphatic heterocycles. The minimum absolute atomic E-state index is 0.167. The average Bonchev–Trinajstić information content (AvgIpc) is 2.38. The van der Waals surface area contributed by atoms with Gasteiger partial charge < -0.3 is 4.74 Å². The molecule has 18 heavy (non-hydrogen) atoms. The summed E-state index contributed by atoms with van der Waals surface area (Å²) >= 11 is 8.21. The zero-order chi connectivity index (χ0) is 13.1. The van der Waals surface area contributed by atoms with Gasteiger partial charge in [0.05, 0.1) is 8.59 Å². The number of carbonyl (C=O) groups excluding carboxylic acids is 1. The maximum Gasteiger partial charge on any atom is 0.271 e. The molecule has 0 spiro atoms. The van der Waals surface area contributed by atoms with Crippen LogP contribution >= 0.6 is 34.2 Å². The summed E-state index contributed by atoms with van der Waals surface area (Å²) in [5, 5.41) is 1.38. The van der Waals surface area contributed by atoms with Crippen molar-refractivity contribution in [3.8, 4) is 5.75 Å². The number of hydrogen-bond donors (Lipinski definition) is 2. The van der Waals surface area contributed by atoms with E-state index in [-0.39, 0.29) is 6.61 Å². The lowest BCUT2D eigenvalue weighted by molar-refractivity contribution is -0.123. The van der Waals surface area contributed by atoms with Crippen LogP contribution in [0.5, 0.6) is 5.75 Å². The molecule has 1 heterocycles. The number of carbonyl (C=O) groups is 1. The highest BCUT2D eigenvalue weighted by atomic mass is 127. The van der Waals surface area contributed by atoms with Crippen LogP contribution in [0.25, 0.3) is 10.9 Å². The fourth-order valence-electron chi connectivity index (χ4n) is 1.46. The van der Waals surface area contributed by atoms with Crippen LogP contribution in [-0.4, -0.2) is 17.5 Å². The van der Waals surface area contributed by atoms with E-state index in [1.54, 1.807) is 18.3 Å². The zero-order valence-electron chi connectivity index (χ0n) is 9.11. The van der Waals surface area contributed by atoms with Gasteiger partial charge in [0.25, 0.3) is 5.91 Å². The van der Waals surface area contributed by atoms with Crippen molar-refractivity contribution in [1.82, 2.24) is 10.4 Å². The first-order valence-electron chi connectivity index (χ1n) is 4.98. The largest absolute Gasteiger partial charge is 0.480 e. The SMILES string of the molecule is NNC(=O)COc1c(I)cc(Cl)c2cccnc12. The van der Waals surface area contributed by atoms with Crippen molar-refractivity contribution in [3.63, 3.8) is 0 Å². The molecule has 2 rings (SSSR count). The number of pyridine rings is 1. The van der Waals surface area contributed by atoms with Crippen molar-refractivity contribution in [1.29, 1.82) is 0 Å². The molecule has 2 aromatic rings. The van der Waals surface area contributed by atoms with Crippen molar-refractivity contribution in [2.45, 2.75) is 0 Å². The highest BCUT2D eigenvalue weighted by Crippen LogP contribution is 2.34. The molecule has 1 aromatic heterocycles. The Balaban J connectivity index is 2.46. The van der Waals surface area contributed by atoms with Crippen LogP contribution in [0.4, 0.5) is 0 Å². The molecule has 0 saturated heterocycles. The molecule has 0 radical (unpaired) electrons. The predicted molar refractivity (Wildman–Crippen MR) is 77.3 cm³/mol. The van der Waals surface area contributed by atoms with Gasteiger partial charge in [0.15, 0.2) is 12.4 Å². The molecule has 0 atom stereocenters. The van der Waals surface area contributed by atoms with E-state index in [9.17, 15) is 4.79 Å². The number of benzene rings is 1. The number of halogens is 2. The molecule has 0 unspecified atom stereocenters. The lowest BCUT2D eigenvalue weighted by atomic mass is 10.2. The van der Waals surface area contributed by atoms with Crippen molar-refractivity contribution < 1.29 is 9.53 Å². The van der Waals surface area contributed by atoms with E-state index in [2.05, 4.69) is 27.6 Å². The molecular formula is C11H9ClIN3O2. The van der Waals surface area contributed by atoms with Crippen LogP contribution in [0.3, 0.4) is 0 Å². The summed E-state index contributed by atoms with van der Waals surface area (Å²) in [6.07, 6.45) is 1.64. The summed E-state index contributed by atoms with van der Waals surface area (Å²) in [4.78, 5) is 15.3. The number of nitrogens with two attached hydrogens (primary N) is 1. The van der Waals surface area contributed by atoms with Crippen molar-refractivity contribution >= 4 is 51.0 Å². The number of rotatable bonds is 3. The molecule has 7 heteroatoms. The Morgan fingerprint density at radius 1 is 1.61 bits per heavy atom. The lowest BCUT2D eigenvalue weighted by Gasteiger charge is -2.11. The standard InChI is InChI=1S/C11H9ClIN3O2/c12-7-4-8(13)11(18-5-9(17)16-14)10-6(7)2-1-3-15-10/h1-4H,5,14H2,(H,16,17). The lowest BCUT2D eigenvalue weighted by Crippen LogP contribution is -2.34. The quantitative estimate of drug-likeness (QED) is 0.370. The van der Waals surface area contributed by atoms with Gasteiger partial charge >= 0.3 is 0 Å². The van der Waals surface area contributed by atoms with Crippen LogP contribution in [0.2, 0.25) is 5.02 Å². The summed E-state index contributed by atoms with van der Waals surface area (Å²) in [5.74, 6) is 5.11. The molecule has 94 valence electrons. The molecule has 0 saturated carbocycles. The van der Waals surface area contributed by atoms with E-state index in [1.807, 2.05) is 11.5 Å². The van der Waals surface area contributed by atoms with E-state index in [0.717, 1.165) is 8.96 Å². The highest BCUT2D eigenvalue weighted by molar-refractivity contribution is 14.1. The van der Waals surface area contributed by atoms with Gasteiger partial charge in [-0.2, -0.15) is 0 Å². The number of aromatic nitrogens is 1. The Labute approximate surface area is 122 Å². The first-order chi connectivity index (χ1) is 8.63. The summed E-state index contributed by atoms with van der Waals surface area (Å²) in [6, 6.07) is 5.40. The van der Waals surface area contributed by atoms with E-state index in [0.29, 0.717) is 16.3 Å². The minimum atomic E-state index is -0.412. The van der Waals surface area contributed by atoms with E-state index < -0.39 is 5.91 Å². The van der Waals surface area contributed by atoms with Gasteiger partial charge in [-0.1, -0.05) is 11.6 Å². The Morgan fingerprint density at radius 3 is 3.11 bits per heavy atom. The number of hydrogen-bond acceptors (Lipinski definition) is 4. The second kappa shape index (κ2) is 5.68. The molecule has 1 aromatic carbocycles. The second-order valence-electron chi connectivity index (χ2n) is 3.43. The van der Waals surface area contributed by atoms with Crippen molar-refractivity contribution in [3.05, 3.63) is 33.0 Å². The van der Waals surface area contributed by atoms with E-state index >= 15 is 0 Å². The molecule has 0 aliphatic carbocycles. The Bertz CT molecular complexity index is 606. The number of nitrogens with one attached hydrogen (secondary N) is 1. The predicted octanol–water partition coefficient (Wildman–Crippen LogP) is 1.86. The second-order valence-corrected chi connectivity index (χ2v) is 4.99. The fourth-order valence-corrected chi connectivity index (χ4v) is 2.63. The minimum Gasteiger partial charge on any atom is -0.480 e. The third-order valence-electron chi connectivity index (χ3n) is 2.26. The van der Waals surface area contributed by atoms with Gasteiger partial charge in [-0.3, -0.25) is 15.2 Å². The number of fused-ring (bicyclic) bond motifs is 1. The smallest absolute Gasteiger partial charge is 0.271 e. The number of amides is 1. The average molecular weight is 378 g/mol. The summed E-state index contributed by atoms with van der Waals surface area (Å²) < 4.78 is 6.22. The van der Waals surface area contributed by atoms with Crippen LogP contribution in [0.1, 0.15) is 0 Å². The molecule has 3 N–H and O–H groups in total. The Kier molecular flexibility index (Phi) is 4.20. The Morgan fingerprint density at radius 2 is 2.39 bits per heavy atom. The van der Waals surface area contributed by atoms with Gasteiger partial charge in [0.1, 0.15) is 5.52 Å². The topological polar surface area (TPSA) is 77.2 Å². The third kappa shape index (κ3) is 2.65. The number of hydrazine groups is 1. The molecule has 5 nitrogen and oxygen atoms in total. The zero-order valence-corrected chi connectivity index (χ0v) is 12.0. The van der Waals surface area contributed by atoms with Gasteiger partial charge in [-0.25, -0.2) is 5.84 Å². The van der Waals surface area contributed by atoms with Gasteiger partial charge in [-0.05, 0) is 40.8 Å². The van der Waals surface area contributed by atoms with Crippen LogP contribution < -0.4 is 16.0 Å². The summed E-state index contributed by atoms with van der Waals surface area (Å²) in [6.45, 7) is -0.167. The molecule has 1 amide bonds. The maximum atomic E-state index is 11.1. The van der Waals surface area contributed by atoms with Crippen molar-refractivity contribution in [2.75, 3.05) is 6.61 Å². The van der Waals surface area contributed by atoms with E-state index in [4.69, 9.17) is 22.2 Å². The normalized spacial score (nSPS) is 10.4. The monoisotopic (exact) mass is 377 g/mol. The van der Waals surface area contributed by atoms with Crippen LogP contribution in [0.15, 0.2) is 24.4 Å². The maximum absolute atomic E-state index is 11.1. The highest BCUT2D eigenvalue weighted by Gasteiger charge is 2.13. The molecule has 0 fully saturated rings. The summed E-state index contributed by atoms with van der Waals surface area (Å²) in [5.41, 5.74) is 2.63. The van der Waals surface area contributed by atoms with Gasteiger partial charge in [0.2, 0.25) is 0 Å². The first kappa shape index (κ1) is 13.3. The van der Waals surface area contributed by atoms with Gasteiger partial charge in [-0.15, -0.1) is 0 Å².